The van der Waals surface area contributed by atoms with Crippen molar-refractivity contribution in [3.05, 3.63) is 54.1 Å². The number of aliphatic hydroxyl groups excluding tert-OH is 1. The number of rotatable bonds is 10. The Balaban J connectivity index is 1.87. The number of likely N-dealkylation sites (N-methyl/N-ethyl adjacent to an activating group) is 1. The molecule has 11 nitrogen and oxygen atoms in total. The summed E-state index contributed by atoms with van der Waals surface area (Å²) >= 11 is 0. The number of para-hydroxylation sites is 1. The van der Waals surface area contributed by atoms with Crippen LogP contribution in [0, 0.1) is 5.92 Å². The highest BCUT2D eigenvalue weighted by Crippen LogP contribution is 2.28. The number of nitrogens with one attached hydrogen (secondary N) is 2. The number of urea groups is 1. The molecule has 0 bridgehead atoms. The summed E-state index contributed by atoms with van der Waals surface area (Å²) in [5.74, 6) is -0.00187. The average molecular weight is 640 g/mol. The Morgan fingerprint density at radius 2 is 1.76 bits per heavy atom. The molecule has 11 heteroatoms. The van der Waals surface area contributed by atoms with Gasteiger partial charge in [0.05, 0.1) is 30.4 Å². The number of fused-ring (bicyclic) bond motifs is 1. The minimum Gasteiger partial charge on any atom is -0.490 e. The first-order valence-corrected chi connectivity index (χ1v) is 16.3. The van der Waals surface area contributed by atoms with Gasteiger partial charge in [-0.05, 0) is 90.5 Å². The van der Waals surface area contributed by atoms with Crippen molar-refractivity contribution in [3.8, 4) is 5.75 Å². The zero-order chi connectivity index (χ0) is 33.6. The lowest BCUT2D eigenvalue weighted by Crippen LogP contribution is -2.48. The van der Waals surface area contributed by atoms with Crippen LogP contribution in [0.3, 0.4) is 0 Å². The van der Waals surface area contributed by atoms with Gasteiger partial charge in [-0.2, -0.15) is 0 Å². The van der Waals surface area contributed by atoms with Crippen LogP contribution in [-0.2, 0) is 9.53 Å². The standard InChI is InChI=1S/C35H53N5O6/c1-25-22-40(26(2)24-41)34(43)30-21-29(37-35(44)36-28-14-8-7-9-15-28)17-18-31(30)46-27(3)13-10-11-20-45-32(25)23-39(6)33(42)16-12-19-38(4)5/h7-9,14-15,17-18,21,25-27,32,41H,10-13,16,19-20,22-24H2,1-6H3,(H2,36,37,44)/t25-,26+,27-,32-/m0/s1. The molecule has 254 valence electrons. The molecule has 4 atom stereocenters. The highest BCUT2D eigenvalue weighted by Gasteiger charge is 2.31. The van der Waals surface area contributed by atoms with E-state index in [0.29, 0.717) is 42.3 Å². The SMILES string of the molecule is C[C@H](CO)N1C[C@H](C)[C@H](CN(C)C(=O)CCCN(C)C)OCCCC[C@H](C)Oc2ccc(NC(=O)Nc3ccccc3)cc2C1=O. The van der Waals surface area contributed by atoms with Crippen LogP contribution in [0.2, 0.25) is 0 Å². The molecule has 0 radical (unpaired) electrons. The minimum atomic E-state index is -0.503. The maximum atomic E-state index is 14.3. The Morgan fingerprint density at radius 1 is 1.04 bits per heavy atom. The fraction of sp³-hybridized carbons (Fsp3) is 0.571. The van der Waals surface area contributed by atoms with Crippen molar-refractivity contribution in [3.63, 3.8) is 0 Å². The summed E-state index contributed by atoms with van der Waals surface area (Å²) in [5, 5.41) is 15.8. The van der Waals surface area contributed by atoms with Crippen molar-refractivity contribution in [1.29, 1.82) is 0 Å². The van der Waals surface area contributed by atoms with E-state index in [9.17, 15) is 19.5 Å². The van der Waals surface area contributed by atoms with Gasteiger partial charge in [0.2, 0.25) is 5.91 Å². The van der Waals surface area contributed by atoms with Gasteiger partial charge in [0.25, 0.3) is 5.91 Å². The summed E-state index contributed by atoms with van der Waals surface area (Å²) in [4.78, 5) is 45.4. The number of hydrogen-bond donors (Lipinski definition) is 3. The molecule has 3 rings (SSSR count). The lowest BCUT2D eigenvalue weighted by molar-refractivity contribution is -0.132. The summed E-state index contributed by atoms with van der Waals surface area (Å²) in [6.07, 6.45) is 3.22. The average Bonchev–Trinajstić information content (AvgIpc) is 3.02. The first-order chi connectivity index (χ1) is 22.0. The molecule has 1 aliphatic heterocycles. The smallest absolute Gasteiger partial charge is 0.323 e. The van der Waals surface area contributed by atoms with Crippen LogP contribution in [0.1, 0.15) is 63.2 Å². The van der Waals surface area contributed by atoms with Crippen LogP contribution in [0.15, 0.2) is 48.5 Å². The molecular formula is C35H53N5O6. The van der Waals surface area contributed by atoms with Gasteiger partial charge in [0, 0.05) is 50.5 Å². The molecule has 0 fully saturated rings. The summed E-state index contributed by atoms with van der Waals surface area (Å²) in [7, 11) is 5.78. The van der Waals surface area contributed by atoms with Gasteiger partial charge in [-0.25, -0.2) is 4.79 Å². The summed E-state index contributed by atoms with van der Waals surface area (Å²) in [6.45, 7) is 7.59. The van der Waals surface area contributed by atoms with E-state index in [4.69, 9.17) is 9.47 Å². The molecule has 2 aromatic carbocycles. The molecule has 0 saturated heterocycles. The molecule has 3 N–H and O–H groups in total. The van der Waals surface area contributed by atoms with Crippen molar-refractivity contribution in [2.75, 3.05) is 64.6 Å². The maximum Gasteiger partial charge on any atom is 0.323 e. The Bertz CT molecular complexity index is 1260. The molecule has 0 saturated carbocycles. The van der Waals surface area contributed by atoms with E-state index in [-0.39, 0.29) is 43.1 Å². The van der Waals surface area contributed by atoms with Crippen LogP contribution in [-0.4, -0.2) is 110 Å². The first-order valence-electron chi connectivity index (χ1n) is 16.3. The van der Waals surface area contributed by atoms with Crippen LogP contribution in [0.4, 0.5) is 16.2 Å². The molecule has 1 heterocycles. The number of ether oxygens (including phenoxy) is 2. The quantitative estimate of drug-likeness (QED) is 0.337. The van der Waals surface area contributed by atoms with Crippen molar-refractivity contribution < 1.29 is 29.0 Å². The number of aliphatic hydroxyl groups is 1. The molecular weight excluding hydrogens is 586 g/mol. The normalized spacial score (nSPS) is 20.2. The van der Waals surface area contributed by atoms with Gasteiger partial charge >= 0.3 is 6.03 Å². The van der Waals surface area contributed by atoms with E-state index < -0.39 is 12.1 Å². The van der Waals surface area contributed by atoms with Gasteiger partial charge in [-0.15, -0.1) is 0 Å². The Kier molecular flexibility index (Phi) is 14.8. The van der Waals surface area contributed by atoms with Crippen molar-refractivity contribution in [2.24, 2.45) is 5.92 Å². The van der Waals surface area contributed by atoms with Gasteiger partial charge in [-0.3, -0.25) is 9.59 Å². The number of hydrogen-bond acceptors (Lipinski definition) is 7. The van der Waals surface area contributed by atoms with E-state index in [1.54, 1.807) is 54.1 Å². The van der Waals surface area contributed by atoms with E-state index in [1.807, 2.05) is 46.1 Å². The van der Waals surface area contributed by atoms with Gasteiger partial charge < -0.3 is 39.9 Å². The summed E-state index contributed by atoms with van der Waals surface area (Å²) in [5.41, 5.74) is 1.36. The Morgan fingerprint density at radius 3 is 2.46 bits per heavy atom. The summed E-state index contributed by atoms with van der Waals surface area (Å²) in [6, 6.07) is 13.2. The van der Waals surface area contributed by atoms with Crippen molar-refractivity contribution in [2.45, 2.75) is 71.1 Å². The number of anilines is 2. The van der Waals surface area contributed by atoms with Crippen LogP contribution in [0.25, 0.3) is 0 Å². The monoisotopic (exact) mass is 639 g/mol. The third-order valence-electron chi connectivity index (χ3n) is 8.22. The highest BCUT2D eigenvalue weighted by atomic mass is 16.5. The molecule has 4 amide bonds. The molecule has 0 aromatic heterocycles. The predicted molar refractivity (Wildman–Crippen MR) is 181 cm³/mol. The first kappa shape index (κ1) is 36.8. The lowest BCUT2D eigenvalue weighted by Gasteiger charge is -2.36. The number of carbonyl (C=O) groups is 3. The van der Waals surface area contributed by atoms with E-state index in [2.05, 4.69) is 15.5 Å². The molecule has 46 heavy (non-hydrogen) atoms. The zero-order valence-corrected chi connectivity index (χ0v) is 28.3. The zero-order valence-electron chi connectivity index (χ0n) is 28.3. The van der Waals surface area contributed by atoms with E-state index in [1.165, 1.54) is 0 Å². The topological polar surface area (TPSA) is 124 Å². The summed E-state index contributed by atoms with van der Waals surface area (Å²) < 4.78 is 12.7. The van der Waals surface area contributed by atoms with E-state index in [0.717, 1.165) is 32.2 Å². The Labute approximate surface area is 274 Å². The highest BCUT2D eigenvalue weighted by molar-refractivity contribution is 6.02. The van der Waals surface area contributed by atoms with Crippen LogP contribution < -0.4 is 15.4 Å². The molecule has 2 aromatic rings. The fourth-order valence-corrected chi connectivity index (χ4v) is 5.39. The van der Waals surface area contributed by atoms with Gasteiger partial charge in [-0.1, -0.05) is 25.1 Å². The number of carbonyl (C=O) groups excluding carboxylic acids is 3. The van der Waals surface area contributed by atoms with Gasteiger partial charge in [0.1, 0.15) is 5.75 Å². The number of amides is 4. The minimum absolute atomic E-state index is 0.0601. The molecule has 0 unspecified atom stereocenters. The van der Waals surface area contributed by atoms with Crippen LogP contribution in [0.5, 0.6) is 5.75 Å². The second kappa shape index (κ2) is 18.5. The maximum absolute atomic E-state index is 14.3. The van der Waals surface area contributed by atoms with E-state index >= 15 is 0 Å². The molecule has 0 aliphatic carbocycles. The number of nitrogens with zero attached hydrogens (tertiary/aromatic N) is 3. The lowest BCUT2D eigenvalue weighted by atomic mass is 10.0. The second-order valence-electron chi connectivity index (χ2n) is 12.6. The number of benzene rings is 2. The second-order valence-corrected chi connectivity index (χ2v) is 12.6. The Hall–Kier alpha value is -3.67. The van der Waals surface area contributed by atoms with Crippen molar-refractivity contribution in [1.82, 2.24) is 14.7 Å². The third kappa shape index (κ3) is 11.6. The van der Waals surface area contributed by atoms with Gasteiger partial charge in [0.15, 0.2) is 0 Å². The van der Waals surface area contributed by atoms with Crippen molar-refractivity contribution >= 4 is 29.2 Å². The largest absolute Gasteiger partial charge is 0.490 e. The third-order valence-corrected chi connectivity index (χ3v) is 8.22. The fourth-order valence-electron chi connectivity index (χ4n) is 5.39. The molecule has 0 spiro atoms. The molecule has 1 aliphatic rings. The van der Waals surface area contributed by atoms with Crippen LogP contribution >= 0.6 is 0 Å². The predicted octanol–water partition coefficient (Wildman–Crippen LogP) is 4.93.